The molecule has 0 unspecified atom stereocenters. The number of aromatic nitrogens is 1. The van der Waals surface area contributed by atoms with Crippen LogP contribution < -0.4 is 10.5 Å². The molecule has 1 aromatic heterocycles. The predicted octanol–water partition coefficient (Wildman–Crippen LogP) is 3.13. The zero-order valence-corrected chi connectivity index (χ0v) is 11.1. The third-order valence-corrected chi connectivity index (χ3v) is 4.03. The monoisotopic (exact) mass is 256 g/mol. The topological polar surface area (TPSA) is 48.1 Å². The van der Waals surface area contributed by atoms with Crippen LogP contribution in [-0.4, -0.2) is 17.6 Å². The molecule has 0 bridgehead atoms. The summed E-state index contributed by atoms with van der Waals surface area (Å²) in [4.78, 5) is 4.36. The Morgan fingerprint density at radius 1 is 1.11 bits per heavy atom. The van der Waals surface area contributed by atoms with Crippen LogP contribution in [0.4, 0.5) is 0 Å². The van der Waals surface area contributed by atoms with Gasteiger partial charge >= 0.3 is 0 Å². The highest BCUT2D eigenvalue weighted by Gasteiger charge is 2.21. The summed E-state index contributed by atoms with van der Waals surface area (Å²) in [6.45, 7) is 0.810. The normalized spacial score (nSPS) is 23.4. The Labute approximate surface area is 113 Å². The van der Waals surface area contributed by atoms with Gasteiger partial charge in [0.15, 0.2) is 0 Å². The van der Waals surface area contributed by atoms with Gasteiger partial charge < -0.3 is 10.5 Å². The number of benzene rings is 1. The highest BCUT2D eigenvalue weighted by atomic mass is 16.5. The van der Waals surface area contributed by atoms with Crippen molar-refractivity contribution < 1.29 is 4.74 Å². The zero-order chi connectivity index (χ0) is 13.1. The third-order valence-electron chi connectivity index (χ3n) is 4.03. The Morgan fingerprint density at radius 3 is 2.68 bits per heavy atom. The molecule has 0 radical (unpaired) electrons. The number of ether oxygens (including phenoxy) is 1. The van der Waals surface area contributed by atoms with Gasteiger partial charge in [0, 0.05) is 11.6 Å². The molecule has 0 amide bonds. The van der Waals surface area contributed by atoms with Gasteiger partial charge in [-0.05, 0) is 56.3 Å². The average Bonchev–Trinajstić information content (AvgIpc) is 2.48. The number of pyridine rings is 1. The quantitative estimate of drug-likeness (QED) is 0.917. The molecule has 0 spiro atoms. The fourth-order valence-electron chi connectivity index (χ4n) is 2.84. The molecule has 3 nitrogen and oxygen atoms in total. The first-order chi connectivity index (χ1) is 9.36. The highest BCUT2D eigenvalue weighted by molar-refractivity contribution is 5.84. The lowest BCUT2D eigenvalue weighted by atomic mass is 9.87. The Hall–Kier alpha value is -1.61. The predicted molar refractivity (Wildman–Crippen MR) is 77.2 cm³/mol. The molecule has 1 saturated carbocycles. The van der Waals surface area contributed by atoms with E-state index in [2.05, 4.69) is 11.1 Å². The summed E-state index contributed by atoms with van der Waals surface area (Å²) < 4.78 is 6.18. The molecule has 3 heteroatoms. The number of nitrogens with two attached hydrogens (primary N) is 1. The van der Waals surface area contributed by atoms with Gasteiger partial charge in [-0.15, -0.1) is 0 Å². The largest absolute Gasteiger partial charge is 0.490 e. The van der Waals surface area contributed by atoms with Crippen LogP contribution in [0.1, 0.15) is 25.7 Å². The maximum atomic E-state index is 6.18. The van der Waals surface area contributed by atoms with Crippen molar-refractivity contribution in [2.24, 2.45) is 11.7 Å². The molecule has 1 aliphatic rings. The first kappa shape index (κ1) is 12.4. The summed E-state index contributed by atoms with van der Waals surface area (Å²) in [7, 11) is 0. The minimum Gasteiger partial charge on any atom is -0.490 e. The molecule has 1 heterocycles. The Bertz CT molecular complexity index is 542. The number of fused-ring (bicyclic) bond motifs is 1. The van der Waals surface area contributed by atoms with Crippen molar-refractivity contribution in [3.05, 3.63) is 36.5 Å². The van der Waals surface area contributed by atoms with Crippen LogP contribution in [0.5, 0.6) is 5.75 Å². The van der Waals surface area contributed by atoms with Crippen LogP contribution in [0.25, 0.3) is 10.9 Å². The van der Waals surface area contributed by atoms with E-state index < -0.39 is 0 Å². The third kappa shape index (κ3) is 2.71. The second-order valence-corrected chi connectivity index (χ2v) is 5.32. The SMILES string of the molecule is NCC1CCC(Oc2ccnc3ccccc23)CC1. The number of hydrogen-bond acceptors (Lipinski definition) is 3. The van der Waals surface area contributed by atoms with E-state index in [1.807, 2.05) is 30.5 Å². The van der Waals surface area contributed by atoms with Crippen molar-refractivity contribution >= 4 is 10.9 Å². The van der Waals surface area contributed by atoms with Crippen LogP contribution in [0.2, 0.25) is 0 Å². The lowest BCUT2D eigenvalue weighted by Gasteiger charge is -2.28. The molecule has 1 fully saturated rings. The molecule has 0 saturated heterocycles. The minimum absolute atomic E-state index is 0.327. The zero-order valence-electron chi connectivity index (χ0n) is 11.1. The smallest absolute Gasteiger partial charge is 0.130 e. The van der Waals surface area contributed by atoms with E-state index >= 15 is 0 Å². The molecule has 100 valence electrons. The van der Waals surface area contributed by atoms with E-state index in [1.54, 1.807) is 0 Å². The summed E-state index contributed by atoms with van der Waals surface area (Å²) in [5.74, 6) is 1.65. The van der Waals surface area contributed by atoms with Gasteiger partial charge in [-0.2, -0.15) is 0 Å². The fraction of sp³-hybridized carbons (Fsp3) is 0.438. The molecule has 2 aromatic rings. The van der Waals surface area contributed by atoms with Crippen molar-refractivity contribution in [3.63, 3.8) is 0 Å². The van der Waals surface area contributed by atoms with E-state index in [-0.39, 0.29) is 0 Å². The van der Waals surface area contributed by atoms with E-state index in [0.29, 0.717) is 12.0 Å². The standard InChI is InChI=1S/C16H20N2O/c17-11-12-5-7-13(8-6-12)19-16-9-10-18-15-4-2-1-3-14(15)16/h1-4,9-10,12-13H,5-8,11,17H2. The van der Waals surface area contributed by atoms with Crippen LogP contribution in [0, 0.1) is 5.92 Å². The molecule has 3 rings (SSSR count). The Morgan fingerprint density at radius 2 is 1.89 bits per heavy atom. The van der Waals surface area contributed by atoms with Gasteiger partial charge in [0.1, 0.15) is 5.75 Å². The first-order valence-corrected chi connectivity index (χ1v) is 7.07. The van der Waals surface area contributed by atoms with Crippen molar-refractivity contribution in [2.45, 2.75) is 31.8 Å². The number of hydrogen-bond donors (Lipinski definition) is 1. The van der Waals surface area contributed by atoms with Gasteiger partial charge in [-0.1, -0.05) is 12.1 Å². The lowest BCUT2D eigenvalue weighted by Crippen LogP contribution is -2.27. The van der Waals surface area contributed by atoms with Gasteiger partial charge in [-0.3, -0.25) is 4.98 Å². The summed E-state index contributed by atoms with van der Waals surface area (Å²) >= 11 is 0. The molecular weight excluding hydrogens is 236 g/mol. The van der Waals surface area contributed by atoms with Crippen molar-refractivity contribution in [1.82, 2.24) is 4.98 Å². The lowest BCUT2D eigenvalue weighted by molar-refractivity contribution is 0.134. The molecule has 1 aliphatic carbocycles. The summed E-state index contributed by atoms with van der Waals surface area (Å²) in [5.41, 5.74) is 6.72. The van der Waals surface area contributed by atoms with Crippen LogP contribution >= 0.6 is 0 Å². The number of rotatable bonds is 3. The van der Waals surface area contributed by atoms with E-state index in [0.717, 1.165) is 36.0 Å². The fourth-order valence-corrected chi connectivity index (χ4v) is 2.84. The molecule has 19 heavy (non-hydrogen) atoms. The molecular formula is C16H20N2O. The van der Waals surface area contributed by atoms with Gasteiger partial charge in [0.05, 0.1) is 11.6 Å². The first-order valence-electron chi connectivity index (χ1n) is 7.07. The van der Waals surface area contributed by atoms with Crippen molar-refractivity contribution in [3.8, 4) is 5.75 Å². The maximum Gasteiger partial charge on any atom is 0.130 e. The average molecular weight is 256 g/mol. The van der Waals surface area contributed by atoms with Gasteiger partial charge in [0.25, 0.3) is 0 Å². The van der Waals surface area contributed by atoms with Crippen molar-refractivity contribution in [2.75, 3.05) is 6.54 Å². The van der Waals surface area contributed by atoms with E-state index in [1.165, 1.54) is 12.8 Å². The second-order valence-electron chi connectivity index (χ2n) is 5.32. The highest BCUT2D eigenvalue weighted by Crippen LogP contribution is 2.30. The van der Waals surface area contributed by atoms with E-state index in [4.69, 9.17) is 10.5 Å². The molecule has 2 N–H and O–H groups in total. The summed E-state index contributed by atoms with van der Waals surface area (Å²) in [6, 6.07) is 10.1. The molecule has 1 aromatic carbocycles. The molecule has 0 aliphatic heterocycles. The van der Waals surface area contributed by atoms with E-state index in [9.17, 15) is 0 Å². The minimum atomic E-state index is 0.327. The molecule has 0 atom stereocenters. The Balaban J connectivity index is 1.75. The Kier molecular flexibility index (Phi) is 3.65. The van der Waals surface area contributed by atoms with Gasteiger partial charge in [0.2, 0.25) is 0 Å². The van der Waals surface area contributed by atoms with Crippen LogP contribution in [-0.2, 0) is 0 Å². The summed E-state index contributed by atoms with van der Waals surface area (Å²) in [6.07, 6.45) is 6.74. The summed E-state index contributed by atoms with van der Waals surface area (Å²) in [5, 5.41) is 1.10. The number of para-hydroxylation sites is 1. The maximum absolute atomic E-state index is 6.18. The van der Waals surface area contributed by atoms with Crippen LogP contribution in [0.3, 0.4) is 0 Å². The second kappa shape index (κ2) is 5.57. The van der Waals surface area contributed by atoms with Gasteiger partial charge in [-0.25, -0.2) is 0 Å². The number of nitrogens with zero attached hydrogens (tertiary/aromatic N) is 1. The van der Waals surface area contributed by atoms with Crippen molar-refractivity contribution in [1.29, 1.82) is 0 Å². The van der Waals surface area contributed by atoms with Crippen LogP contribution in [0.15, 0.2) is 36.5 Å².